The fourth-order valence-corrected chi connectivity index (χ4v) is 1.72. The minimum Gasteiger partial charge on any atom is -0.360 e. The molecule has 1 N–H and O–H groups in total. The topological polar surface area (TPSA) is 82.7 Å². The number of H-pyrrole nitrogens is 1. The number of hydrogen-bond donors (Lipinski definition) is 1. The molecule has 1 aromatic carbocycles. The largest absolute Gasteiger partial charge is 0.360 e. The Morgan fingerprint density at radius 3 is 3.00 bits per heavy atom. The molecule has 5 nitrogen and oxygen atoms in total. The third-order valence-corrected chi connectivity index (χ3v) is 2.49. The van der Waals surface area contributed by atoms with Crippen molar-refractivity contribution in [3.8, 4) is 6.07 Å². The third kappa shape index (κ3) is 1.73. The molecule has 0 fully saturated rings. The zero-order valence-electron chi connectivity index (χ0n) is 8.43. The summed E-state index contributed by atoms with van der Waals surface area (Å²) in [4.78, 5) is 12.9. The quantitative estimate of drug-likeness (QED) is 0.626. The average molecular weight is 215 g/mol. The minimum absolute atomic E-state index is 0.0935. The van der Waals surface area contributed by atoms with Gasteiger partial charge in [0.25, 0.3) is 0 Å². The van der Waals surface area contributed by atoms with Gasteiger partial charge in [-0.3, -0.25) is 10.1 Å². The highest BCUT2D eigenvalue weighted by Crippen LogP contribution is 2.21. The molecular weight excluding hydrogens is 206 g/mol. The van der Waals surface area contributed by atoms with E-state index in [0.29, 0.717) is 12.0 Å². The first-order valence-electron chi connectivity index (χ1n) is 4.83. The maximum atomic E-state index is 10.3. The molecule has 0 spiro atoms. The van der Waals surface area contributed by atoms with Crippen LogP contribution in [-0.2, 0) is 6.42 Å². The molecule has 5 heteroatoms. The van der Waals surface area contributed by atoms with E-state index < -0.39 is 0 Å². The maximum Gasteiger partial charge on any atom is 0.207 e. The van der Waals surface area contributed by atoms with E-state index >= 15 is 0 Å². The molecule has 0 aliphatic rings. The van der Waals surface area contributed by atoms with Gasteiger partial charge in [-0.2, -0.15) is 5.26 Å². The van der Waals surface area contributed by atoms with Gasteiger partial charge >= 0.3 is 0 Å². The number of aromatic nitrogens is 1. The molecule has 2 aromatic rings. The van der Waals surface area contributed by atoms with E-state index in [1.807, 2.05) is 6.07 Å². The summed E-state index contributed by atoms with van der Waals surface area (Å²) >= 11 is 0. The summed E-state index contributed by atoms with van der Waals surface area (Å²) in [7, 11) is 0. The standard InChI is InChI=1S/C11H9N3O2/c12-6-8-2-1-3-10-9(4-5-14(15)16)7-13-11(8)10/h1-3,7,13H,4-5H2. The summed E-state index contributed by atoms with van der Waals surface area (Å²) in [5, 5.41) is 20.1. The number of benzene rings is 1. The van der Waals surface area contributed by atoms with Gasteiger partial charge in [0, 0.05) is 22.9 Å². The number of fused-ring (bicyclic) bond motifs is 1. The van der Waals surface area contributed by atoms with Gasteiger partial charge in [0.15, 0.2) is 0 Å². The van der Waals surface area contributed by atoms with Gasteiger partial charge in [-0.25, -0.2) is 0 Å². The van der Waals surface area contributed by atoms with Gasteiger partial charge in [-0.15, -0.1) is 0 Å². The second-order valence-corrected chi connectivity index (χ2v) is 3.46. The summed E-state index contributed by atoms with van der Waals surface area (Å²) in [6.07, 6.45) is 2.11. The number of nitrogens with one attached hydrogen (secondary N) is 1. The highest BCUT2D eigenvalue weighted by Gasteiger charge is 2.08. The minimum atomic E-state index is -0.340. The Morgan fingerprint density at radius 1 is 1.50 bits per heavy atom. The zero-order chi connectivity index (χ0) is 11.5. The number of para-hydroxylation sites is 1. The van der Waals surface area contributed by atoms with Crippen molar-refractivity contribution >= 4 is 10.9 Å². The van der Waals surface area contributed by atoms with Crippen molar-refractivity contribution in [2.24, 2.45) is 0 Å². The molecule has 16 heavy (non-hydrogen) atoms. The number of nitrogens with zero attached hydrogens (tertiary/aromatic N) is 2. The molecule has 2 rings (SSSR count). The van der Waals surface area contributed by atoms with Crippen LogP contribution in [0, 0.1) is 21.4 Å². The van der Waals surface area contributed by atoms with Crippen LogP contribution in [0.2, 0.25) is 0 Å². The van der Waals surface area contributed by atoms with Gasteiger partial charge in [0.1, 0.15) is 6.07 Å². The van der Waals surface area contributed by atoms with Crippen LogP contribution in [0.4, 0.5) is 0 Å². The molecule has 0 bridgehead atoms. The van der Waals surface area contributed by atoms with E-state index in [9.17, 15) is 10.1 Å². The van der Waals surface area contributed by atoms with E-state index in [0.717, 1.165) is 16.5 Å². The lowest BCUT2D eigenvalue weighted by molar-refractivity contribution is -0.479. The van der Waals surface area contributed by atoms with Crippen LogP contribution >= 0.6 is 0 Å². The molecule has 0 amide bonds. The first-order valence-corrected chi connectivity index (χ1v) is 4.83. The molecule has 0 saturated carbocycles. The van der Waals surface area contributed by atoms with Crippen LogP contribution in [-0.4, -0.2) is 16.5 Å². The second kappa shape index (κ2) is 4.03. The monoisotopic (exact) mass is 215 g/mol. The van der Waals surface area contributed by atoms with Crippen LogP contribution in [0.5, 0.6) is 0 Å². The fraction of sp³-hybridized carbons (Fsp3) is 0.182. The Bertz CT molecular complexity index is 580. The van der Waals surface area contributed by atoms with Crippen LogP contribution in [0.25, 0.3) is 10.9 Å². The molecule has 1 heterocycles. The maximum absolute atomic E-state index is 10.3. The van der Waals surface area contributed by atoms with Gasteiger partial charge in [-0.1, -0.05) is 12.1 Å². The van der Waals surface area contributed by atoms with E-state index in [2.05, 4.69) is 11.1 Å². The molecule has 0 aliphatic carbocycles. The SMILES string of the molecule is N#Cc1cccc2c(CC[N+](=O)[O-])c[nH]c12. The van der Waals surface area contributed by atoms with Crippen molar-refractivity contribution < 1.29 is 4.92 Å². The highest BCUT2D eigenvalue weighted by molar-refractivity contribution is 5.87. The lowest BCUT2D eigenvalue weighted by atomic mass is 10.1. The van der Waals surface area contributed by atoms with E-state index in [4.69, 9.17) is 5.26 Å². The Balaban J connectivity index is 2.42. The molecule has 0 saturated heterocycles. The average Bonchev–Trinajstić information content (AvgIpc) is 2.69. The van der Waals surface area contributed by atoms with Crippen molar-refractivity contribution in [1.29, 1.82) is 5.26 Å². The van der Waals surface area contributed by atoms with Crippen molar-refractivity contribution in [2.45, 2.75) is 6.42 Å². The Kier molecular flexibility index (Phi) is 2.56. The predicted octanol–water partition coefficient (Wildman–Crippen LogP) is 1.86. The predicted molar refractivity (Wildman–Crippen MR) is 58.6 cm³/mol. The van der Waals surface area contributed by atoms with Crippen molar-refractivity contribution in [3.05, 3.63) is 45.6 Å². The van der Waals surface area contributed by atoms with Crippen LogP contribution < -0.4 is 0 Å². The molecule has 80 valence electrons. The van der Waals surface area contributed by atoms with Crippen molar-refractivity contribution in [1.82, 2.24) is 4.98 Å². The normalized spacial score (nSPS) is 10.2. The van der Waals surface area contributed by atoms with E-state index in [1.54, 1.807) is 18.3 Å². The molecule has 0 radical (unpaired) electrons. The van der Waals surface area contributed by atoms with Crippen molar-refractivity contribution in [2.75, 3.05) is 6.54 Å². The summed E-state index contributed by atoms with van der Waals surface area (Å²) in [5.74, 6) is 0. The fourth-order valence-electron chi connectivity index (χ4n) is 1.72. The number of aromatic amines is 1. The lowest BCUT2D eigenvalue weighted by Crippen LogP contribution is -2.03. The molecular formula is C11H9N3O2. The molecule has 0 aliphatic heterocycles. The van der Waals surface area contributed by atoms with Crippen LogP contribution in [0.3, 0.4) is 0 Å². The van der Waals surface area contributed by atoms with Gasteiger partial charge in [-0.05, 0) is 11.6 Å². The zero-order valence-corrected chi connectivity index (χ0v) is 8.43. The number of nitriles is 1. The summed E-state index contributed by atoms with van der Waals surface area (Å²) in [5.41, 5.74) is 2.19. The smallest absolute Gasteiger partial charge is 0.207 e. The highest BCUT2D eigenvalue weighted by atomic mass is 16.6. The van der Waals surface area contributed by atoms with E-state index in [-0.39, 0.29) is 11.5 Å². The lowest BCUT2D eigenvalue weighted by Gasteiger charge is -1.96. The van der Waals surface area contributed by atoms with Gasteiger partial charge in [0.05, 0.1) is 11.1 Å². The Hall–Kier alpha value is -2.35. The van der Waals surface area contributed by atoms with Crippen molar-refractivity contribution in [3.63, 3.8) is 0 Å². The van der Waals surface area contributed by atoms with Gasteiger partial charge in [0.2, 0.25) is 6.54 Å². The number of rotatable bonds is 3. The third-order valence-electron chi connectivity index (χ3n) is 2.49. The van der Waals surface area contributed by atoms with E-state index in [1.165, 1.54) is 0 Å². The summed E-state index contributed by atoms with van der Waals surface area (Å²) < 4.78 is 0. The molecule has 0 atom stereocenters. The van der Waals surface area contributed by atoms with Crippen LogP contribution in [0.1, 0.15) is 11.1 Å². The summed E-state index contributed by atoms with van der Waals surface area (Å²) in [6, 6.07) is 7.45. The number of hydrogen-bond acceptors (Lipinski definition) is 3. The summed E-state index contributed by atoms with van der Waals surface area (Å²) in [6.45, 7) is -0.0935. The Morgan fingerprint density at radius 2 is 2.31 bits per heavy atom. The molecule has 1 aromatic heterocycles. The second-order valence-electron chi connectivity index (χ2n) is 3.46. The number of nitro groups is 1. The van der Waals surface area contributed by atoms with Gasteiger partial charge < -0.3 is 4.98 Å². The first kappa shape index (κ1) is 10.2. The first-order chi connectivity index (χ1) is 7.72. The Labute approximate surface area is 91.5 Å². The van der Waals surface area contributed by atoms with Crippen LogP contribution in [0.15, 0.2) is 24.4 Å². The molecule has 0 unspecified atom stereocenters.